The summed E-state index contributed by atoms with van der Waals surface area (Å²) in [7, 11) is 0. The number of rotatable bonds is 6. The van der Waals surface area contributed by atoms with Gasteiger partial charge in [0, 0.05) is 37.2 Å². The van der Waals surface area contributed by atoms with Crippen molar-refractivity contribution in [1.82, 2.24) is 10.2 Å². The number of nitrogens with zero attached hydrogens (tertiary/aromatic N) is 1. The first kappa shape index (κ1) is 16.3. The second-order valence-electron chi connectivity index (χ2n) is 5.52. The van der Waals surface area contributed by atoms with Crippen LogP contribution in [0.5, 0.6) is 0 Å². The minimum absolute atomic E-state index is 0.0914. The lowest BCUT2D eigenvalue weighted by Crippen LogP contribution is -2.44. The molecule has 2 rings (SSSR count). The van der Waals surface area contributed by atoms with Crippen molar-refractivity contribution in [2.24, 2.45) is 5.73 Å². The van der Waals surface area contributed by atoms with Gasteiger partial charge in [-0.2, -0.15) is 11.8 Å². The molecule has 0 spiro atoms. The molecule has 1 aliphatic heterocycles. The lowest BCUT2D eigenvalue weighted by molar-refractivity contribution is -0.126. The number of carbonyl (C=O) groups is 1. The third kappa shape index (κ3) is 5.02. The highest BCUT2D eigenvalue weighted by Gasteiger charge is 2.28. The van der Waals surface area contributed by atoms with E-state index in [4.69, 9.17) is 5.73 Å². The summed E-state index contributed by atoms with van der Waals surface area (Å²) in [6, 6.07) is 9.99. The third-order valence-electron chi connectivity index (χ3n) is 3.67. The molecule has 0 bridgehead atoms. The molecule has 0 aromatic heterocycles. The summed E-state index contributed by atoms with van der Waals surface area (Å²) in [6.07, 6.45) is 0.809. The first-order chi connectivity index (χ1) is 10.2. The number of nitrogens with two attached hydrogens (primary N) is 1. The Labute approximate surface area is 131 Å². The fraction of sp³-hybridized carbons (Fsp3) is 0.562. The summed E-state index contributed by atoms with van der Waals surface area (Å²) < 4.78 is 0. The van der Waals surface area contributed by atoms with Crippen molar-refractivity contribution < 1.29 is 4.79 Å². The van der Waals surface area contributed by atoms with Gasteiger partial charge < -0.3 is 11.1 Å². The molecule has 1 aromatic carbocycles. The predicted molar refractivity (Wildman–Crippen MR) is 89.4 cm³/mol. The predicted octanol–water partition coefficient (Wildman–Crippen LogP) is 1.63. The number of carbonyl (C=O) groups excluding carboxylic acids is 1. The van der Waals surface area contributed by atoms with Crippen molar-refractivity contribution >= 4 is 17.7 Å². The number of benzene rings is 1. The summed E-state index contributed by atoms with van der Waals surface area (Å²) in [6.45, 7) is 4.53. The van der Waals surface area contributed by atoms with Crippen LogP contribution in [0.4, 0.5) is 0 Å². The number of hydrogen-bond acceptors (Lipinski definition) is 4. The van der Waals surface area contributed by atoms with Gasteiger partial charge >= 0.3 is 0 Å². The summed E-state index contributed by atoms with van der Waals surface area (Å²) in [5, 5.41) is 3.04. The average Bonchev–Trinajstić information content (AvgIpc) is 2.49. The highest BCUT2D eigenvalue weighted by molar-refractivity contribution is 7.99. The van der Waals surface area contributed by atoms with Gasteiger partial charge in [0.05, 0.1) is 0 Å². The molecule has 0 saturated carbocycles. The summed E-state index contributed by atoms with van der Waals surface area (Å²) in [5.74, 6) is 2.28. The van der Waals surface area contributed by atoms with Gasteiger partial charge in [0.1, 0.15) is 6.04 Å². The Morgan fingerprint density at radius 1 is 1.33 bits per heavy atom. The number of thioether (sulfide) groups is 1. The largest absolute Gasteiger partial charge is 0.354 e. The van der Waals surface area contributed by atoms with Gasteiger partial charge in [-0.1, -0.05) is 30.3 Å². The molecule has 116 valence electrons. The normalized spacial score (nSPS) is 19.0. The third-order valence-corrected chi connectivity index (χ3v) is 4.62. The summed E-state index contributed by atoms with van der Waals surface area (Å²) in [4.78, 5) is 14.9. The van der Waals surface area contributed by atoms with E-state index in [0.29, 0.717) is 6.54 Å². The smallest absolute Gasteiger partial charge is 0.241 e. The minimum Gasteiger partial charge on any atom is -0.354 e. The molecule has 2 atom stereocenters. The molecular weight excluding hydrogens is 282 g/mol. The SMILES string of the molecule is CC(N)CCNC(=O)C(c1ccccc1)N1CCSCC1. The zero-order valence-electron chi connectivity index (χ0n) is 12.6. The van der Waals surface area contributed by atoms with E-state index in [9.17, 15) is 4.79 Å². The Morgan fingerprint density at radius 3 is 2.62 bits per heavy atom. The van der Waals surface area contributed by atoms with Crippen molar-refractivity contribution in [1.29, 1.82) is 0 Å². The molecule has 2 unspecified atom stereocenters. The van der Waals surface area contributed by atoms with Crippen LogP contribution in [0, 0.1) is 0 Å². The van der Waals surface area contributed by atoms with E-state index in [-0.39, 0.29) is 18.0 Å². The average molecular weight is 307 g/mol. The molecule has 1 saturated heterocycles. The van der Waals surface area contributed by atoms with Gasteiger partial charge in [-0.05, 0) is 18.9 Å². The van der Waals surface area contributed by atoms with Gasteiger partial charge in [0.25, 0.3) is 0 Å². The van der Waals surface area contributed by atoms with Crippen LogP contribution in [0.15, 0.2) is 30.3 Å². The van der Waals surface area contributed by atoms with Gasteiger partial charge in [0.2, 0.25) is 5.91 Å². The van der Waals surface area contributed by atoms with Gasteiger partial charge in [-0.3, -0.25) is 9.69 Å². The quantitative estimate of drug-likeness (QED) is 0.839. The van der Waals surface area contributed by atoms with Crippen LogP contribution >= 0.6 is 11.8 Å². The van der Waals surface area contributed by atoms with E-state index >= 15 is 0 Å². The highest BCUT2D eigenvalue weighted by Crippen LogP contribution is 2.24. The number of hydrogen-bond donors (Lipinski definition) is 2. The van der Waals surface area contributed by atoms with Crippen LogP contribution in [0.1, 0.15) is 24.9 Å². The molecule has 0 aliphatic carbocycles. The number of nitrogens with one attached hydrogen (secondary N) is 1. The van der Waals surface area contributed by atoms with Crippen molar-refractivity contribution in [3.05, 3.63) is 35.9 Å². The fourth-order valence-corrected chi connectivity index (χ4v) is 3.45. The van der Waals surface area contributed by atoms with Crippen LogP contribution in [-0.2, 0) is 4.79 Å². The van der Waals surface area contributed by atoms with Gasteiger partial charge in [-0.25, -0.2) is 0 Å². The molecule has 3 N–H and O–H groups in total. The monoisotopic (exact) mass is 307 g/mol. The van der Waals surface area contributed by atoms with E-state index < -0.39 is 0 Å². The lowest BCUT2D eigenvalue weighted by Gasteiger charge is -2.33. The Morgan fingerprint density at radius 2 is 2.00 bits per heavy atom. The first-order valence-electron chi connectivity index (χ1n) is 7.58. The molecule has 21 heavy (non-hydrogen) atoms. The lowest BCUT2D eigenvalue weighted by atomic mass is 10.0. The van der Waals surface area contributed by atoms with Crippen molar-refractivity contribution in [3.8, 4) is 0 Å². The van der Waals surface area contributed by atoms with Crippen LogP contribution in [-0.4, -0.2) is 48.0 Å². The summed E-state index contributed by atoms with van der Waals surface area (Å²) >= 11 is 1.95. The van der Waals surface area contributed by atoms with Crippen molar-refractivity contribution in [2.45, 2.75) is 25.4 Å². The topological polar surface area (TPSA) is 58.4 Å². The minimum atomic E-state index is -0.180. The molecule has 1 aliphatic rings. The Bertz CT molecular complexity index is 432. The molecule has 0 radical (unpaired) electrons. The van der Waals surface area contributed by atoms with Crippen molar-refractivity contribution in [3.63, 3.8) is 0 Å². The van der Waals surface area contributed by atoms with Gasteiger partial charge in [-0.15, -0.1) is 0 Å². The second-order valence-corrected chi connectivity index (χ2v) is 6.74. The fourth-order valence-electron chi connectivity index (χ4n) is 2.52. The summed E-state index contributed by atoms with van der Waals surface area (Å²) in [5.41, 5.74) is 6.82. The highest BCUT2D eigenvalue weighted by atomic mass is 32.2. The van der Waals surface area contributed by atoms with Crippen LogP contribution in [0.3, 0.4) is 0 Å². The van der Waals surface area contributed by atoms with E-state index in [1.807, 2.05) is 49.0 Å². The molecule has 4 nitrogen and oxygen atoms in total. The van der Waals surface area contributed by atoms with E-state index in [0.717, 1.165) is 36.6 Å². The molecule has 1 fully saturated rings. The molecule has 1 aromatic rings. The Hall–Kier alpha value is -1.04. The standard InChI is InChI=1S/C16H25N3OS/c1-13(17)7-8-18-16(20)15(14-5-3-2-4-6-14)19-9-11-21-12-10-19/h2-6,13,15H,7-12,17H2,1H3,(H,18,20). The van der Waals surface area contributed by atoms with E-state index in [2.05, 4.69) is 10.2 Å². The molecule has 5 heteroatoms. The Kier molecular flexibility index (Phi) is 6.54. The molecule has 1 amide bonds. The molecule has 1 heterocycles. The first-order valence-corrected chi connectivity index (χ1v) is 8.74. The Balaban J connectivity index is 2.06. The maximum atomic E-state index is 12.6. The van der Waals surface area contributed by atoms with Crippen LogP contribution in [0.25, 0.3) is 0 Å². The van der Waals surface area contributed by atoms with Gasteiger partial charge in [0.15, 0.2) is 0 Å². The zero-order chi connectivity index (χ0) is 15.1. The van der Waals surface area contributed by atoms with Crippen LogP contribution in [0.2, 0.25) is 0 Å². The number of amides is 1. The maximum absolute atomic E-state index is 12.6. The van der Waals surface area contributed by atoms with Crippen molar-refractivity contribution in [2.75, 3.05) is 31.1 Å². The second kappa shape index (κ2) is 8.41. The van der Waals surface area contributed by atoms with E-state index in [1.54, 1.807) is 0 Å². The van der Waals surface area contributed by atoms with Crippen LogP contribution < -0.4 is 11.1 Å². The molecular formula is C16H25N3OS. The maximum Gasteiger partial charge on any atom is 0.241 e. The zero-order valence-corrected chi connectivity index (χ0v) is 13.4. The van der Waals surface area contributed by atoms with E-state index in [1.165, 1.54) is 0 Å².